The first-order chi connectivity index (χ1) is 15.5. The van der Waals surface area contributed by atoms with Crippen LogP contribution in [0.15, 0.2) is 65.4 Å². The lowest BCUT2D eigenvalue weighted by Gasteiger charge is -2.32. The summed E-state index contributed by atoms with van der Waals surface area (Å²) in [7, 11) is 1.78. The van der Waals surface area contributed by atoms with Crippen molar-refractivity contribution in [1.82, 2.24) is 20.0 Å². The number of nitrogens with zero attached hydrogens (tertiary/aromatic N) is 3. The van der Waals surface area contributed by atoms with Crippen LogP contribution in [0.1, 0.15) is 33.6 Å². The maximum Gasteiger partial charge on any atom is 0.257 e. The van der Waals surface area contributed by atoms with Crippen LogP contribution in [0.2, 0.25) is 0 Å². The lowest BCUT2D eigenvalue weighted by molar-refractivity contribution is 0.0681. The summed E-state index contributed by atoms with van der Waals surface area (Å²) in [6.07, 6.45) is 4.94. The van der Waals surface area contributed by atoms with E-state index in [2.05, 4.69) is 26.3 Å². The zero-order valence-electron chi connectivity index (χ0n) is 17.8. The van der Waals surface area contributed by atoms with Gasteiger partial charge in [0, 0.05) is 37.4 Å². The second-order valence-electron chi connectivity index (χ2n) is 7.90. The zero-order chi connectivity index (χ0) is 22.5. The van der Waals surface area contributed by atoms with Crippen LogP contribution in [-0.2, 0) is 7.05 Å². The zero-order valence-corrected chi connectivity index (χ0v) is 19.4. The summed E-state index contributed by atoms with van der Waals surface area (Å²) in [5.41, 5.74) is 1.11. The first-order valence-electron chi connectivity index (χ1n) is 10.6. The Labute approximate surface area is 195 Å². The number of rotatable bonds is 6. The van der Waals surface area contributed by atoms with Crippen molar-refractivity contribution in [2.75, 3.05) is 19.6 Å². The number of carbonyl (C=O) groups is 2. The number of amides is 2. The number of hydrogen-bond acceptors (Lipinski definition) is 4. The topological polar surface area (TPSA) is 76.5 Å². The van der Waals surface area contributed by atoms with Crippen LogP contribution in [0.5, 0.6) is 11.5 Å². The SMILES string of the molecule is Cn1cc(C(=O)NCC2CCN(C(=O)c3ccccc3Oc3cccc(Br)c3)CC2)cn1. The van der Waals surface area contributed by atoms with Gasteiger partial charge in [-0.15, -0.1) is 0 Å². The molecule has 166 valence electrons. The molecule has 1 aliphatic heterocycles. The molecule has 2 aromatic carbocycles. The molecule has 0 unspecified atom stereocenters. The predicted octanol–water partition coefficient (Wildman–Crippen LogP) is 4.26. The Hall–Kier alpha value is -3.13. The van der Waals surface area contributed by atoms with Gasteiger partial charge in [0.05, 0.1) is 17.3 Å². The Bertz CT molecular complexity index is 1110. The Morgan fingerprint density at radius 3 is 2.66 bits per heavy atom. The van der Waals surface area contributed by atoms with E-state index < -0.39 is 0 Å². The summed E-state index contributed by atoms with van der Waals surface area (Å²) >= 11 is 3.44. The van der Waals surface area contributed by atoms with Gasteiger partial charge in [0.1, 0.15) is 11.5 Å². The first kappa shape index (κ1) is 22.1. The van der Waals surface area contributed by atoms with E-state index in [1.54, 1.807) is 30.2 Å². The molecule has 0 atom stereocenters. The van der Waals surface area contributed by atoms with E-state index >= 15 is 0 Å². The highest BCUT2D eigenvalue weighted by molar-refractivity contribution is 9.10. The number of para-hydroxylation sites is 1. The number of likely N-dealkylation sites (tertiary alicyclic amines) is 1. The molecule has 7 nitrogen and oxygen atoms in total. The average molecular weight is 497 g/mol. The van der Waals surface area contributed by atoms with E-state index in [4.69, 9.17) is 4.74 Å². The van der Waals surface area contributed by atoms with Gasteiger partial charge in [-0.3, -0.25) is 14.3 Å². The molecule has 2 heterocycles. The van der Waals surface area contributed by atoms with Crippen LogP contribution in [0.4, 0.5) is 0 Å². The number of hydrogen-bond donors (Lipinski definition) is 1. The minimum atomic E-state index is -0.116. The quantitative estimate of drug-likeness (QED) is 0.553. The fraction of sp³-hybridized carbons (Fsp3) is 0.292. The van der Waals surface area contributed by atoms with Crippen LogP contribution in [0.25, 0.3) is 0 Å². The van der Waals surface area contributed by atoms with Gasteiger partial charge in [0.25, 0.3) is 11.8 Å². The van der Waals surface area contributed by atoms with Gasteiger partial charge in [-0.05, 0) is 49.1 Å². The maximum absolute atomic E-state index is 13.2. The number of halogens is 1. The van der Waals surface area contributed by atoms with E-state index in [0.717, 1.165) is 17.3 Å². The lowest BCUT2D eigenvalue weighted by Crippen LogP contribution is -2.41. The summed E-state index contributed by atoms with van der Waals surface area (Å²) in [5, 5.41) is 7.01. The van der Waals surface area contributed by atoms with Gasteiger partial charge < -0.3 is 15.0 Å². The van der Waals surface area contributed by atoms with Crippen molar-refractivity contribution in [2.24, 2.45) is 13.0 Å². The number of aromatic nitrogens is 2. The Morgan fingerprint density at radius 1 is 1.16 bits per heavy atom. The largest absolute Gasteiger partial charge is 0.456 e. The van der Waals surface area contributed by atoms with Gasteiger partial charge in [-0.1, -0.05) is 34.1 Å². The van der Waals surface area contributed by atoms with E-state index in [1.807, 2.05) is 47.4 Å². The number of carbonyl (C=O) groups excluding carboxylic acids is 2. The molecule has 2 amide bonds. The summed E-state index contributed by atoms with van der Waals surface area (Å²) in [6, 6.07) is 14.9. The van der Waals surface area contributed by atoms with Gasteiger partial charge >= 0.3 is 0 Å². The van der Waals surface area contributed by atoms with Crippen molar-refractivity contribution >= 4 is 27.7 Å². The smallest absolute Gasteiger partial charge is 0.257 e. The van der Waals surface area contributed by atoms with Gasteiger partial charge in [-0.2, -0.15) is 5.10 Å². The molecule has 32 heavy (non-hydrogen) atoms. The molecule has 0 saturated carbocycles. The van der Waals surface area contributed by atoms with Crippen LogP contribution in [0.3, 0.4) is 0 Å². The van der Waals surface area contributed by atoms with Crippen LogP contribution < -0.4 is 10.1 Å². The number of nitrogens with one attached hydrogen (secondary N) is 1. The molecule has 0 aliphatic carbocycles. The minimum absolute atomic E-state index is 0.0338. The Morgan fingerprint density at radius 2 is 1.94 bits per heavy atom. The van der Waals surface area contributed by atoms with Gasteiger partial charge in [0.2, 0.25) is 0 Å². The number of benzene rings is 2. The van der Waals surface area contributed by atoms with Crippen molar-refractivity contribution in [1.29, 1.82) is 0 Å². The van der Waals surface area contributed by atoms with E-state index in [1.165, 1.54) is 0 Å². The third-order valence-electron chi connectivity index (χ3n) is 5.56. The molecule has 1 aromatic heterocycles. The van der Waals surface area contributed by atoms with Crippen molar-refractivity contribution < 1.29 is 14.3 Å². The molecule has 1 saturated heterocycles. The number of aryl methyl sites for hydroxylation is 1. The highest BCUT2D eigenvalue weighted by atomic mass is 79.9. The fourth-order valence-corrected chi connectivity index (χ4v) is 4.16. The van der Waals surface area contributed by atoms with Crippen LogP contribution >= 0.6 is 15.9 Å². The van der Waals surface area contributed by atoms with Crippen molar-refractivity contribution in [2.45, 2.75) is 12.8 Å². The highest BCUT2D eigenvalue weighted by Gasteiger charge is 2.26. The number of piperidine rings is 1. The fourth-order valence-electron chi connectivity index (χ4n) is 3.78. The molecule has 1 N–H and O–H groups in total. The predicted molar refractivity (Wildman–Crippen MR) is 125 cm³/mol. The molecular formula is C24H25BrN4O3. The van der Waals surface area contributed by atoms with Gasteiger partial charge in [-0.25, -0.2) is 0 Å². The molecular weight excluding hydrogens is 472 g/mol. The standard InChI is InChI=1S/C24H25BrN4O3/c1-28-16-18(15-27-28)23(30)26-14-17-9-11-29(12-10-17)24(31)21-7-2-3-8-22(21)32-20-6-4-5-19(25)13-20/h2-8,13,15-17H,9-12,14H2,1H3,(H,26,30). The third kappa shape index (κ3) is 5.37. The van der Waals surface area contributed by atoms with Crippen molar-refractivity contribution in [3.05, 3.63) is 76.5 Å². The molecule has 4 rings (SSSR count). The van der Waals surface area contributed by atoms with Crippen molar-refractivity contribution in [3.8, 4) is 11.5 Å². The van der Waals surface area contributed by atoms with E-state index in [0.29, 0.717) is 48.2 Å². The second kappa shape index (κ2) is 9.99. The summed E-state index contributed by atoms with van der Waals surface area (Å²) in [5.74, 6) is 1.40. The van der Waals surface area contributed by atoms with E-state index in [9.17, 15) is 9.59 Å². The molecule has 0 radical (unpaired) electrons. The lowest BCUT2D eigenvalue weighted by atomic mass is 9.96. The monoisotopic (exact) mass is 496 g/mol. The maximum atomic E-state index is 13.2. The Balaban J connectivity index is 1.33. The second-order valence-corrected chi connectivity index (χ2v) is 8.82. The third-order valence-corrected chi connectivity index (χ3v) is 6.05. The van der Waals surface area contributed by atoms with Crippen molar-refractivity contribution in [3.63, 3.8) is 0 Å². The molecule has 0 spiro atoms. The van der Waals surface area contributed by atoms with E-state index in [-0.39, 0.29) is 11.8 Å². The Kier molecular flexibility index (Phi) is 6.90. The molecule has 0 bridgehead atoms. The van der Waals surface area contributed by atoms with Gasteiger partial charge in [0.15, 0.2) is 0 Å². The van der Waals surface area contributed by atoms with Crippen LogP contribution in [0, 0.1) is 5.92 Å². The summed E-state index contributed by atoms with van der Waals surface area (Å²) in [4.78, 5) is 27.3. The van der Waals surface area contributed by atoms with Crippen LogP contribution in [-0.4, -0.2) is 46.1 Å². The normalized spacial score (nSPS) is 14.2. The molecule has 1 aliphatic rings. The number of ether oxygens (including phenoxy) is 1. The molecule has 3 aromatic rings. The first-order valence-corrected chi connectivity index (χ1v) is 11.4. The summed E-state index contributed by atoms with van der Waals surface area (Å²) in [6.45, 7) is 1.90. The highest BCUT2D eigenvalue weighted by Crippen LogP contribution is 2.29. The minimum Gasteiger partial charge on any atom is -0.456 e. The average Bonchev–Trinajstić information content (AvgIpc) is 3.24. The molecule has 8 heteroatoms. The molecule has 1 fully saturated rings. The summed E-state index contributed by atoms with van der Waals surface area (Å²) < 4.78 is 8.52.